The van der Waals surface area contributed by atoms with Crippen LogP contribution in [0.1, 0.15) is 13.8 Å². The van der Waals surface area contributed by atoms with Crippen molar-refractivity contribution in [3.05, 3.63) is 11.9 Å². The van der Waals surface area contributed by atoms with E-state index >= 15 is 0 Å². The monoisotopic (exact) mass is 110 g/mol. The first-order valence-corrected chi connectivity index (χ1v) is 2.42. The van der Waals surface area contributed by atoms with Gasteiger partial charge >= 0.3 is 0 Å². The van der Waals surface area contributed by atoms with Gasteiger partial charge in [0.1, 0.15) is 0 Å². The minimum atomic E-state index is 0.877. The molecule has 0 aliphatic carbocycles. The van der Waals surface area contributed by atoms with Gasteiger partial charge in [-0.15, -0.1) is 0 Å². The number of hydrogen-bond acceptors (Lipinski definition) is 2. The summed E-state index contributed by atoms with van der Waals surface area (Å²) in [6.07, 6.45) is 3.33. The van der Waals surface area contributed by atoms with Gasteiger partial charge in [0.2, 0.25) is 0 Å². The summed E-state index contributed by atoms with van der Waals surface area (Å²) in [5, 5.41) is 0. The molecule has 0 atom stereocenters. The molecule has 2 heteroatoms. The maximum Gasteiger partial charge on any atom is 0.0550 e. The Balaban J connectivity index is 3.79. The summed E-state index contributed by atoms with van der Waals surface area (Å²) in [4.78, 5) is 7.45. The summed E-state index contributed by atoms with van der Waals surface area (Å²) < 4.78 is 0. The van der Waals surface area contributed by atoms with Crippen molar-refractivity contribution in [2.24, 2.45) is 9.98 Å². The lowest BCUT2D eigenvalue weighted by Crippen LogP contribution is -1.65. The number of nitrogens with zero attached hydrogens (tertiary/aromatic N) is 2. The Hall–Kier alpha value is -0.920. The first kappa shape index (κ1) is 7.08. The second-order valence-corrected chi connectivity index (χ2v) is 1.34. The molecule has 0 saturated heterocycles. The fourth-order valence-electron chi connectivity index (χ4n) is 0.369. The Labute approximate surface area is 49.7 Å². The third-order valence-electron chi connectivity index (χ3n) is 0.611. The van der Waals surface area contributed by atoms with Gasteiger partial charge < -0.3 is 0 Å². The van der Waals surface area contributed by atoms with Crippen molar-refractivity contribution < 1.29 is 0 Å². The summed E-state index contributed by atoms with van der Waals surface area (Å²) in [7, 11) is 0. The third kappa shape index (κ3) is 3.28. The van der Waals surface area contributed by atoms with Crippen molar-refractivity contribution >= 4 is 12.9 Å². The minimum Gasteiger partial charge on any atom is -0.271 e. The maximum absolute atomic E-state index is 3.92. The average Bonchev–Trinajstić information content (AvgIpc) is 1.68. The Kier molecular flexibility index (Phi) is 3.76. The molecule has 0 bridgehead atoms. The molecule has 0 aromatic carbocycles. The van der Waals surface area contributed by atoms with Gasteiger partial charge in [-0.1, -0.05) is 0 Å². The minimum absolute atomic E-state index is 0.877. The van der Waals surface area contributed by atoms with Crippen LogP contribution in [0.3, 0.4) is 0 Å². The van der Waals surface area contributed by atoms with Crippen molar-refractivity contribution in [1.29, 1.82) is 0 Å². The van der Waals surface area contributed by atoms with E-state index in [1.807, 2.05) is 13.8 Å². The maximum atomic E-state index is 3.92. The molecule has 0 spiro atoms. The van der Waals surface area contributed by atoms with Gasteiger partial charge in [0, 0.05) is 12.4 Å². The van der Waals surface area contributed by atoms with Gasteiger partial charge in [0.25, 0.3) is 0 Å². The highest BCUT2D eigenvalue weighted by molar-refractivity contribution is 5.55. The molecule has 0 rings (SSSR count). The van der Waals surface area contributed by atoms with Crippen LogP contribution < -0.4 is 0 Å². The second-order valence-electron chi connectivity index (χ2n) is 1.34. The van der Waals surface area contributed by atoms with Crippen molar-refractivity contribution in [3.8, 4) is 0 Å². The van der Waals surface area contributed by atoms with Crippen LogP contribution in [0.2, 0.25) is 0 Å². The van der Waals surface area contributed by atoms with Crippen LogP contribution in [0.5, 0.6) is 0 Å². The number of aliphatic imine (C=N–C) groups is 2. The Morgan fingerprint density at radius 1 is 1.62 bits per heavy atom. The highest BCUT2D eigenvalue weighted by atomic mass is 14.8. The molecule has 2 nitrogen and oxygen atoms in total. The molecule has 0 heterocycles. The number of hydrogen-bond donors (Lipinski definition) is 0. The third-order valence-corrected chi connectivity index (χ3v) is 0.611. The lowest BCUT2D eigenvalue weighted by molar-refractivity contribution is 1.28. The van der Waals surface area contributed by atoms with Crippen LogP contribution in [-0.4, -0.2) is 12.9 Å². The van der Waals surface area contributed by atoms with Crippen molar-refractivity contribution in [1.82, 2.24) is 0 Å². The molecular formula is C6H10N2. The largest absolute Gasteiger partial charge is 0.271 e. The summed E-state index contributed by atoms with van der Waals surface area (Å²) in [5.41, 5.74) is 0.877. The molecule has 8 heavy (non-hydrogen) atoms. The lowest BCUT2D eigenvalue weighted by atomic mass is 10.5. The smallest absolute Gasteiger partial charge is 0.0550 e. The Morgan fingerprint density at radius 3 is 2.62 bits per heavy atom. The second kappa shape index (κ2) is 4.24. The van der Waals surface area contributed by atoms with Crippen LogP contribution >= 0.6 is 0 Å². The molecule has 0 unspecified atom stereocenters. The molecule has 0 aliphatic heterocycles. The highest BCUT2D eigenvalue weighted by Gasteiger charge is 1.73. The summed E-state index contributed by atoms with van der Waals surface area (Å²) >= 11 is 0. The predicted molar refractivity (Wildman–Crippen MR) is 37.5 cm³/mol. The first-order chi connectivity index (χ1) is 3.81. The van der Waals surface area contributed by atoms with Gasteiger partial charge in [-0.3, -0.25) is 9.98 Å². The van der Waals surface area contributed by atoms with Crippen LogP contribution in [-0.2, 0) is 0 Å². The van der Waals surface area contributed by atoms with Gasteiger partial charge in [0.05, 0.1) is 5.70 Å². The van der Waals surface area contributed by atoms with E-state index in [0.29, 0.717) is 0 Å². The fourth-order valence-corrected chi connectivity index (χ4v) is 0.369. The number of rotatable bonds is 2. The Bertz CT molecular complexity index is 122. The van der Waals surface area contributed by atoms with E-state index in [1.165, 1.54) is 0 Å². The molecular weight excluding hydrogens is 100 g/mol. The Morgan fingerprint density at radius 2 is 2.25 bits per heavy atom. The van der Waals surface area contributed by atoms with Crippen LogP contribution in [0.15, 0.2) is 21.9 Å². The molecule has 0 saturated carbocycles. The van der Waals surface area contributed by atoms with Crippen molar-refractivity contribution in [2.45, 2.75) is 13.8 Å². The van der Waals surface area contributed by atoms with Crippen molar-refractivity contribution in [3.63, 3.8) is 0 Å². The average molecular weight is 110 g/mol. The van der Waals surface area contributed by atoms with Crippen LogP contribution in [0.4, 0.5) is 0 Å². The van der Waals surface area contributed by atoms with Crippen LogP contribution in [0, 0.1) is 0 Å². The summed E-state index contributed by atoms with van der Waals surface area (Å²) in [6, 6.07) is 0. The summed E-state index contributed by atoms with van der Waals surface area (Å²) in [6.45, 7) is 7.01. The van der Waals surface area contributed by atoms with E-state index in [4.69, 9.17) is 0 Å². The predicted octanol–water partition coefficient (Wildman–Crippen LogP) is 1.64. The van der Waals surface area contributed by atoms with Crippen molar-refractivity contribution in [2.75, 3.05) is 0 Å². The van der Waals surface area contributed by atoms with Gasteiger partial charge in [0.15, 0.2) is 0 Å². The molecule has 0 N–H and O–H groups in total. The fraction of sp³-hybridized carbons (Fsp3) is 0.333. The zero-order valence-corrected chi connectivity index (χ0v) is 5.26. The molecule has 0 aromatic heterocycles. The SMILES string of the molecule is C=N/C=C(/C)N=CC. The molecule has 0 aromatic rings. The van der Waals surface area contributed by atoms with Gasteiger partial charge in [-0.2, -0.15) is 0 Å². The highest BCUT2D eigenvalue weighted by Crippen LogP contribution is 1.90. The molecule has 0 radical (unpaired) electrons. The van der Waals surface area contributed by atoms with Gasteiger partial charge in [-0.25, -0.2) is 0 Å². The molecule has 0 amide bonds. The summed E-state index contributed by atoms with van der Waals surface area (Å²) in [5.74, 6) is 0. The van der Waals surface area contributed by atoms with E-state index in [0.717, 1.165) is 5.70 Å². The topological polar surface area (TPSA) is 24.7 Å². The standard InChI is InChI=1S/C6H10N2/c1-4-8-6(2)5-7-3/h4-5H,3H2,1-2H3/b6-5-,8-4?. The van der Waals surface area contributed by atoms with Gasteiger partial charge in [-0.05, 0) is 20.6 Å². The quantitative estimate of drug-likeness (QED) is 0.483. The number of allylic oxidation sites excluding steroid dienone is 1. The van der Waals surface area contributed by atoms with E-state index in [1.54, 1.807) is 12.4 Å². The van der Waals surface area contributed by atoms with Crippen LogP contribution in [0.25, 0.3) is 0 Å². The van der Waals surface area contributed by atoms with E-state index in [9.17, 15) is 0 Å². The van der Waals surface area contributed by atoms with E-state index in [-0.39, 0.29) is 0 Å². The van der Waals surface area contributed by atoms with E-state index < -0.39 is 0 Å². The zero-order chi connectivity index (χ0) is 6.41. The molecule has 0 aliphatic rings. The normalized spacial score (nSPS) is 12.5. The molecule has 0 fully saturated rings. The molecule has 44 valence electrons. The lowest BCUT2D eigenvalue weighted by Gasteiger charge is -1.82. The first-order valence-electron chi connectivity index (χ1n) is 2.42. The van der Waals surface area contributed by atoms with E-state index in [2.05, 4.69) is 16.7 Å². The zero-order valence-electron chi connectivity index (χ0n) is 5.26.